The average Bonchev–Trinajstić information content (AvgIpc) is 3.18. The van der Waals surface area contributed by atoms with Gasteiger partial charge in [0.25, 0.3) is 0 Å². The molecule has 0 amide bonds. The molecule has 0 aliphatic carbocycles. The van der Waals surface area contributed by atoms with E-state index in [0.29, 0.717) is 6.04 Å². The Morgan fingerprint density at radius 2 is 2.14 bits per heavy atom. The molecule has 1 aliphatic heterocycles. The number of nitrogens with zero attached hydrogens (tertiary/aromatic N) is 2. The Kier molecular flexibility index (Phi) is 6.54. The molecule has 3 nitrogen and oxygen atoms in total. The number of benzene rings is 1. The van der Waals surface area contributed by atoms with E-state index in [9.17, 15) is 0 Å². The molecular formula is C16H23N3S2. The SMILES string of the molecule is CC.CC(CNSc1ccns1)N1CCc2ccccc21. The molecule has 2 aromatic rings. The van der Waals surface area contributed by atoms with Gasteiger partial charge in [-0.1, -0.05) is 32.0 Å². The average molecular weight is 322 g/mol. The van der Waals surface area contributed by atoms with Crippen LogP contribution < -0.4 is 9.62 Å². The van der Waals surface area contributed by atoms with Gasteiger partial charge >= 0.3 is 0 Å². The quantitative estimate of drug-likeness (QED) is 0.835. The van der Waals surface area contributed by atoms with Gasteiger partial charge in [-0.3, -0.25) is 4.72 Å². The topological polar surface area (TPSA) is 28.2 Å². The fraction of sp³-hybridized carbons (Fsp3) is 0.438. The lowest BCUT2D eigenvalue weighted by Crippen LogP contribution is -2.37. The Bertz CT molecular complexity index is 528. The number of aromatic nitrogens is 1. The van der Waals surface area contributed by atoms with E-state index in [1.54, 1.807) is 11.9 Å². The standard InChI is InChI=1S/C14H17N3S2.C2H6/c1-11(10-16-19-14-6-8-15-18-14)17-9-7-12-4-2-3-5-13(12)17;1-2/h2-6,8,11,16H,7,9-10H2,1H3;1-2H3. The van der Waals surface area contributed by atoms with Gasteiger partial charge in [0.2, 0.25) is 0 Å². The monoisotopic (exact) mass is 321 g/mol. The highest BCUT2D eigenvalue weighted by molar-refractivity contribution is 7.99. The first-order valence-corrected chi connectivity index (χ1v) is 9.08. The minimum atomic E-state index is 0.504. The molecule has 5 heteroatoms. The normalized spacial score (nSPS) is 14.3. The summed E-state index contributed by atoms with van der Waals surface area (Å²) < 4.78 is 8.75. The number of rotatable bonds is 5. The lowest BCUT2D eigenvalue weighted by Gasteiger charge is -2.27. The predicted molar refractivity (Wildman–Crippen MR) is 94.3 cm³/mol. The van der Waals surface area contributed by atoms with Crippen LogP contribution in [0.3, 0.4) is 0 Å². The summed E-state index contributed by atoms with van der Waals surface area (Å²) in [5, 5.41) is 0. The van der Waals surface area contributed by atoms with Crippen molar-refractivity contribution in [1.29, 1.82) is 0 Å². The Labute approximate surface area is 136 Å². The molecule has 0 bridgehead atoms. The fourth-order valence-corrected chi connectivity index (χ4v) is 3.82. The van der Waals surface area contributed by atoms with E-state index in [2.05, 4.69) is 45.2 Å². The molecule has 0 saturated heterocycles. The predicted octanol–water partition coefficient (Wildman–Crippen LogP) is 4.22. The molecule has 1 N–H and O–H groups in total. The summed E-state index contributed by atoms with van der Waals surface area (Å²) in [6.45, 7) is 8.38. The lowest BCUT2D eigenvalue weighted by molar-refractivity contribution is 0.645. The zero-order valence-electron chi connectivity index (χ0n) is 12.9. The third-order valence-corrected chi connectivity index (χ3v) is 5.09. The molecule has 0 spiro atoms. The van der Waals surface area contributed by atoms with Gasteiger partial charge in [0.05, 0.1) is 4.21 Å². The van der Waals surface area contributed by atoms with E-state index in [4.69, 9.17) is 0 Å². The maximum atomic E-state index is 4.10. The van der Waals surface area contributed by atoms with Gasteiger partial charge in [0.1, 0.15) is 0 Å². The first kappa shape index (κ1) is 16.3. The molecule has 1 atom stereocenters. The molecule has 0 fully saturated rings. The summed E-state index contributed by atoms with van der Waals surface area (Å²) in [5.74, 6) is 0. The van der Waals surface area contributed by atoms with Crippen molar-refractivity contribution in [3.63, 3.8) is 0 Å². The zero-order valence-corrected chi connectivity index (χ0v) is 14.5. The number of anilines is 1. The number of fused-ring (bicyclic) bond motifs is 1. The highest BCUT2D eigenvalue weighted by Gasteiger charge is 2.22. The highest BCUT2D eigenvalue weighted by Crippen LogP contribution is 2.29. The molecule has 114 valence electrons. The van der Waals surface area contributed by atoms with Crippen molar-refractivity contribution in [2.24, 2.45) is 0 Å². The first-order chi connectivity index (χ1) is 10.3. The van der Waals surface area contributed by atoms with E-state index in [1.165, 1.54) is 33.4 Å². The van der Waals surface area contributed by atoms with E-state index in [0.717, 1.165) is 13.1 Å². The maximum absolute atomic E-state index is 4.10. The molecule has 1 aromatic carbocycles. The Hall–Kier alpha value is -1.04. The van der Waals surface area contributed by atoms with Crippen LogP contribution in [0.4, 0.5) is 5.69 Å². The minimum absolute atomic E-state index is 0.504. The Morgan fingerprint density at radius 3 is 2.90 bits per heavy atom. The lowest BCUT2D eigenvalue weighted by atomic mass is 10.2. The molecule has 2 heterocycles. The summed E-state index contributed by atoms with van der Waals surface area (Å²) in [7, 11) is 0. The summed E-state index contributed by atoms with van der Waals surface area (Å²) in [5.41, 5.74) is 2.88. The number of nitrogens with one attached hydrogen (secondary N) is 1. The number of hydrogen-bond acceptors (Lipinski definition) is 5. The molecule has 0 saturated carbocycles. The van der Waals surface area contributed by atoms with Gasteiger partial charge in [-0.05, 0) is 54.5 Å². The fourth-order valence-electron chi connectivity index (χ4n) is 2.42. The molecule has 0 radical (unpaired) electrons. The Morgan fingerprint density at radius 1 is 1.33 bits per heavy atom. The van der Waals surface area contributed by atoms with E-state index in [-0.39, 0.29) is 0 Å². The third-order valence-electron chi connectivity index (χ3n) is 3.42. The minimum Gasteiger partial charge on any atom is -0.367 e. The molecule has 1 unspecified atom stereocenters. The van der Waals surface area contributed by atoms with Crippen LogP contribution in [0.2, 0.25) is 0 Å². The van der Waals surface area contributed by atoms with Crippen molar-refractivity contribution < 1.29 is 0 Å². The maximum Gasteiger partial charge on any atom is 0.0958 e. The van der Waals surface area contributed by atoms with Crippen molar-refractivity contribution >= 4 is 29.2 Å². The van der Waals surface area contributed by atoms with E-state index in [1.807, 2.05) is 26.1 Å². The van der Waals surface area contributed by atoms with Gasteiger partial charge in [0, 0.05) is 31.0 Å². The van der Waals surface area contributed by atoms with Crippen LogP contribution in [0.5, 0.6) is 0 Å². The molecule has 1 aliphatic rings. The number of para-hydroxylation sites is 1. The zero-order chi connectivity index (χ0) is 15.1. The second-order valence-electron chi connectivity index (χ2n) is 4.70. The molecular weight excluding hydrogens is 298 g/mol. The van der Waals surface area contributed by atoms with Crippen LogP contribution in [0.25, 0.3) is 0 Å². The van der Waals surface area contributed by atoms with Crippen molar-refractivity contribution in [3.8, 4) is 0 Å². The van der Waals surface area contributed by atoms with Gasteiger partial charge in [-0.25, -0.2) is 0 Å². The number of hydrogen-bond donors (Lipinski definition) is 1. The van der Waals surface area contributed by atoms with Crippen LogP contribution >= 0.6 is 23.5 Å². The van der Waals surface area contributed by atoms with Crippen molar-refractivity contribution in [2.75, 3.05) is 18.0 Å². The van der Waals surface area contributed by atoms with Gasteiger partial charge in [-0.2, -0.15) is 4.37 Å². The van der Waals surface area contributed by atoms with Crippen LogP contribution in [0.15, 0.2) is 40.7 Å². The smallest absolute Gasteiger partial charge is 0.0958 e. The van der Waals surface area contributed by atoms with Crippen LogP contribution in [-0.4, -0.2) is 23.5 Å². The van der Waals surface area contributed by atoms with E-state index >= 15 is 0 Å². The molecule has 3 rings (SSSR count). The van der Waals surface area contributed by atoms with Crippen molar-refractivity contribution in [3.05, 3.63) is 42.1 Å². The summed E-state index contributed by atoms with van der Waals surface area (Å²) in [6.07, 6.45) is 3.01. The second kappa shape index (κ2) is 8.41. The molecule has 1 aromatic heterocycles. The van der Waals surface area contributed by atoms with Gasteiger partial charge in [-0.15, -0.1) is 0 Å². The van der Waals surface area contributed by atoms with Gasteiger partial charge in [0.15, 0.2) is 0 Å². The molecule has 21 heavy (non-hydrogen) atoms. The summed E-state index contributed by atoms with van der Waals surface area (Å²) in [6, 6.07) is 11.3. The third kappa shape index (κ3) is 4.22. The summed E-state index contributed by atoms with van der Waals surface area (Å²) >= 11 is 3.21. The van der Waals surface area contributed by atoms with Gasteiger partial charge < -0.3 is 4.90 Å². The first-order valence-electron chi connectivity index (χ1n) is 7.49. The summed E-state index contributed by atoms with van der Waals surface area (Å²) in [4.78, 5) is 2.50. The Balaban J connectivity index is 0.000000774. The van der Waals surface area contributed by atoms with Crippen LogP contribution in [-0.2, 0) is 6.42 Å². The largest absolute Gasteiger partial charge is 0.367 e. The van der Waals surface area contributed by atoms with Crippen molar-refractivity contribution in [2.45, 2.75) is 37.4 Å². The highest BCUT2D eigenvalue weighted by atomic mass is 32.2. The van der Waals surface area contributed by atoms with Crippen molar-refractivity contribution in [1.82, 2.24) is 9.10 Å². The van der Waals surface area contributed by atoms with Crippen LogP contribution in [0.1, 0.15) is 26.3 Å². The second-order valence-corrected chi connectivity index (χ2v) is 6.73. The van der Waals surface area contributed by atoms with E-state index < -0.39 is 0 Å². The van der Waals surface area contributed by atoms with Crippen LogP contribution in [0, 0.1) is 0 Å².